The molecule has 0 heterocycles. The number of rotatable bonds is 2. The van der Waals surface area contributed by atoms with Crippen molar-refractivity contribution in [2.75, 3.05) is 6.26 Å². The lowest BCUT2D eigenvalue weighted by molar-refractivity contribution is 0.584. The molecule has 0 aliphatic carbocycles. The van der Waals surface area contributed by atoms with Crippen LogP contribution >= 0.6 is 11.8 Å². The Balaban J connectivity index is 2.42. The fourth-order valence-corrected chi connectivity index (χ4v) is 1.91. The number of hydrogen-bond donors (Lipinski definition) is 0. The van der Waals surface area contributed by atoms with Crippen LogP contribution in [-0.4, -0.2) is 6.26 Å². The monoisotopic (exact) mass is 236 g/mol. The van der Waals surface area contributed by atoms with Crippen molar-refractivity contribution in [2.24, 2.45) is 0 Å². The zero-order chi connectivity index (χ0) is 11.5. The molecule has 0 amide bonds. The van der Waals surface area contributed by atoms with Gasteiger partial charge in [0.25, 0.3) is 0 Å². The molecule has 2 rings (SSSR count). The van der Waals surface area contributed by atoms with Gasteiger partial charge in [0.05, 0.1) is 0 Å². The maximum atomic E-state index is 13.0. The lowest BCUT2D eigenvalue weighted by Crippen LogP contribution is -1.84. The quantitative estimate of drug-likeness (QED) is 0.698. The summed E-state index contributed by atoms with van der Waals surface area (Å²) in [5.74, 6) is -1.10. The molecule has 82 valence electrons. The third kappa shape index (κ3) is 2.42. The molecule has 0 fully saturated rings. The van der Waals surface area contributed by atoms with Crippen LogP contribution in [0.25, 0.3) is 11.1 Å². The predicted octanol–water partition coefficient (Wildman–Crippen LogP) is 4.35. The fourth-order valence-electron chi connectivity index (χ4n) is 1.50. The molecule has 0 atom stereocenters. The van der Waals surface area contributed by atoms with Crippen LogP contribution in [0, 0.1) is 11.6 Å². The fraction of sp³-hybridized carbons (Fsp3) is 0.0769. The standard InChI is InChI=1S/C13H10F2S/c1-16-13-4-2-9(3-5-13)10-6-11(14)8-12(15)7-10/h2-8H,1H3. The molecule has 0 N–H and O–H groups in total. The Bertz CT molecular complexity index is 472. The first-order valence-corrected chi connectivity index (χ1v) is 6.02. The minimum Gasteiger partial charge on any atom is -0.207 e. The second-order valence-corrected chi connectivity index (χ2v) is 4.27. The number of halogens is 2. The number of thioether (sulfide) groups is 1. The Kier molecular flexibility index (Phi) is 3.25. The summed E-state index contributed by atoms with van der Waals surface area (Å²) in [4.78, 5) is 1.13. The third-order valence-corrected chi connectivity index (χ3v) is 3.03. The van der Waals surface area contributed by atoms with E-state index in [4.69, 9.17) is 0 Å². The Morgan fingerprint density at radius 1 is 0.812 bits per heavy atom. The summed E-state index contributed by atoms with van der Waals surface area (Å²) in [5, 5.41) is 0. The van der Waals surface area contributed by atoms with E-state index in [1.807, 2.05) is 30.5 Å². The van der Waals surface area contributed by atoms with Gasteiger partial charge in [0.2, 0.25) is 0 Å². The Morgan fingerprint density at radius 2 is 1.38 bits per heavy atom. The van der Waals surface area contributed by atoms with Gasteiger partial charge in [0.1, 0.15) is 11.6 Å². The van der Waals surface area contributed by atoms with Gasteiger partial charge in [-0.15, -0.1) is 11.8 Å². The summed E-state index contributed by atoms with van der Waals surface area (Å²) in [6.45, 7) is 0. The van der Waals surface area contributed by atoms with E-state index in [0.717, 1.165) is 16.5 Å². The summed E-state index contributed by atoms with van der Waals surface area (Å²) in [6, 6.07) is 11.1. The van der Waals surface area contributed by atoms with Crippen LogP contribution in [0.3, 0.4) is 0 Å². The minimum absolute atomic E-state index is 0.552. The molecular weight excluding hydrogens is 226 g/mol. The smallest absolute Gasteiger partial charge is 0.126 e. The van der Waals surface area contributed by atoms with Crippen molar-refractivity contribution in [1.29, 1.82) is 0 Å². The van der Waals surface area contributed by atoms with Gasteiger partial charge in [-0.05, 0) is 41.6 Å². The molecule has 3 heteroatoms. The van der Waals surface area contributed by atoms with Crippen molar-refractivity contribution in [1.82, 2.24) is 0 Å². The zero-order valence-corrected chi connectivity index (χ0v) is 9.52. The molecule has 0 saturated heterocycles. The molecule has 0 aliphatic rings. The van der Waals surface area contributed by atoms with E-state index in [-0.39, 0.29) is 0 Å². The van der Waals surface area contributed by atoms with Crippen LogP contribution in [-0.2, 0) is 0 Å². The van der Waals surface area contributed by atoms with E-state index in [2.05, 4.69) is 0 Å². The van der Waals surface area contributed by atoms with Crippen molar-refractivity contribution in [3.63, 3.8) is 0 Å². The summed E-state index contributed by atoms with van der Waals surface area (Å²) in [7, 11) is 0. The topological polar surface area (TPSA) is 0 Å². The lowest BCUT2D eigenvalue weighted by Gasteiger charge is -2.03. The highest BCUT2D eigenvalue weighted by atomic mass is 32.2. The summed E-state index contributed by atoms with van der Waals surface area (Å²) in [6.07, 6.45) is 1.98. The van der Waals surface area contributed by atoms with E-state index in [0.29, 0.717) is 5.56 Å². The maximum Gasteiger partial charge on any atom is 0.126 e. The van der Waals surface area contributed by atoms with Gasteiger partial charge < -0.3 is 0 Å². The first-order chi connectivity index (χ1) is 7.69. The van der Waals surface area contributed by atoms with Gasteiger partial charge in [-0.25, -0.2) is 8.78 Å². The summed E-state index contributed by atoms with van der Waals surface area (Å²) < 4.78 is 26.0. The van der Waals surface area contributed by atoms with Gasteiger partial charge in [-0.2, -0.15) is 0 Å². The highest BCUT2D eigenvalue weighted by Crippen LogP contribution is 2.24. The average molecular weight is 236 g/mol. The van der Waals surface area contributed by atoms with Crippen LogP contribution in [0.5, 0.6) is 0 Å². The van der Waals surface area contributed by atoms with E-state index in [1.54, 1.807) is 11.8 Å². The molecule has 2 aromatic rings. The second-order valence-electron chi connectivity index (χ2n) is 3.39. The van der Waals surface area contributed by atoms with Gasteiger partial charge in [-0.3, -0.25) is 0 Å². The summed E-state index contributed by atoms with van der Waals surface area (Å²) >= 11 is 1.63. The number of hydrogen-bond acceptors (Lipinski definition) is 1. The highest BCUT2D eigenvalue weighted by molar-refractivity contribution is 7.98. The van der Waals surface area contributed by atoms with Crippen molar-refractivity contribution >= 4 is 11.8 Å². The van der Waals surface area contributed by atoms with Crippen molar-refractivity contribution < 1.29 is 8.78 Å². The SMILES string of the molecule is CSc1ccc(-c2cc(F)cc(F)c2)cc1. The van der Waals surface area contributed by atoms with E-state index in [1.165, 1.54) is 12.1 Å². The number of benzene rings is 2. The van der Waals surface area contributed by atoms with Gasteiger partial charge >= 0.3 is 0 Å². The molecule has 0 aliphatic heterocycles. The maximum absolute atomic E-state index is 13.0. The van der Waals surface area contributed by atoms with Crippen LogP contribution in [0.1, 0.15) is 0 Å². The normalized spacial score (nSPS) is 10.4. The minimum atomic E-state index is -0.552. The summed E-state index contributed by atoms with van der Waals surface area (Å²) in [5.41, 5.74) is 1.38. The molecule has 2 aromatic carbocycles. The molecule has 0 aromatic heterocycles. The van der Waals surface area contributed by atoms with Crippen LogP contribution in [0.4, 0.5) is 8.78 Å². The van der Waals surface area contributed by atoms with Crippen molar-refractivity contribution in [2.45, 2.75) is 4.90 Å². The van der Waals surface area contributed by atoms with Gasteiger partial charge in [0, 0.05) is 11.0 Å². The molecular formula is C13H10F2S. The molecule has 0 unspecified atom stereocenters. The molecule has 0 radical (unpaired) electrons. The lowest BCUT2D eigenvalue weighted by atomic mass is 10.1. The first kappa shape index (κ1) is 11.1. The second kappa shape index (κ2) is 4.66. The Labute approximate surface area is 97.3 Å². The van der Waals surface area contributed by atoms with E-state index >= 15 is 0 Å². The molecule has 16 heavy (non-hydrogen) atoms. The van der Waals surface area contributed by atoms with E-state index < -0.39 is 11.6 Å². The molecule has 0 spiro atoms. The van der Waals surface area contributed by atoms with Crippen LogP contribution in [0.15, 0.2) is 47.4 Å². The molecule has 0 nitrogen and oxygen atoms in total. The van der Waals surface area contributed by atoms with Crippen LogP contribution in [0.2, 0.25) is 0 Å². The third-order valence-electron chi connectivity index (χ3n) is 2.29. The van der Waals surface area contributed by atoms with E-state index in [9.17, 15) is 8.78 Å². The average Bonchev–Trinajstić information content (AvgIpc) is 2.28. The Morgan fingerprint density at radius 3 is 1.88 bits per heavy atom. The first-order valence-electron chi connectivity index (χ1n) is 4.79. The Hall–Kier alpha value is -1.35. The van der Waals surface area contributed by atoms with Crippen molar-refractivity contribution in [3.8, 4) is 11.1 Å². The molecule has 0 bridgehead atoms. The van der Waals surface area contributed by atoms with Crippen molar-refractivity contribution in [3.05, 3.63) is 54.1 Å². The zero-order valence-electron chi connectivity index (χ0n) is 8.71. The van der Waals surface area contributed by atoms with Gasteiger partial charge in [0.15, 0.2) is 0 Å². The van der Waals surface area contributed by atoms with Crippen LogP contribution < -0.4 is 0 Å². The van der Waals surface area contributed by atoms with Gasteiger partial charge in [-0.1, -0.05) is 12.1 Å². The largest absolute Gasteiger partial charge is 0.207 e. The predicted molar refractivity (Wildman–Crippen MR) is 63.6 cm³/mol. The molecule has 0 saturated carbocycles. The highest BCUT2D eigenvalue weighted by Gasteiger charge is 2.02.